The van der Waals surface area contributed by atoms with Crippen LogP contribution in [0.5, 0.6) is 0 Å². The van der Waals surface area contributed by atoms with Crippen LogP contribution in [0.25, 0.3) is 0 Å². The monoisotopic (exact) mass is 490 g/mol. The molecule has 0 radical (unpaired) electrons. The van der Waals surface area contributed by atoms with E-state index in [1.807, 2.05) is 13.8 Å². The van der Waals surface area contributed by atoms with Crippen molar-refractivity contribution in [3.8, 4) is 0 Å². The third-order valence-corrected chi connectivity index (χ3v) is 14.3. The molecule has 3 nitrogen and oxygen atoms in total. The van der Waals surface area contributed by atoms with Crippen molar-refractivity contribution in [1.29, 1.82) is 0 Å². The fourth-order valence-corrected chi connectivity index (χ4v) is 12.4. The van der Waals surface area contributed by atoms with Crippen LogP contribution < -0.4 is 10.4 Å². The zero-order valence-electron chi connectivity index (χ0n) is 18.8. The van der Waals surface area contributed by atoms with E-state index in [-0.39, 0.29) is 17.2 Å². The first kappa shape index (κ1) is 22.3. The fraction of sp³-hybridized carbons (Fsp3) is 0.520. The first-order valence-corrected chi connectivity index (χ1v) is 15.1. The molecule has 0 unspecified atom stereocenters. The van der Waals surface area contributed by atoms with Gasteiger partial charge in [0.15, 0.2) is 0 Å². The Labute approximate surface area is 188 Å². The number of rotatable bonds is 6. The Hall–Kier alpha value is -0.944. The summed E-state index contributed by atoms with van der Waals surface area (Å²) in [5.41, 5.74) is 0. The standard InChI is InChI=1S/C25H34O3SeSi/c1-24(2,3)30(19-12-8-6-9-13-19,20-14-10-7-11-15-20)26-17-16-22-23-21(18-29-22)27-25(4,5)28-23/h6-15,21-23H,16-18H2,1-5H3/t21-,22+,23-/m0/s1. The van der Waals surface area contributed by atoms with Gasteiger partial charge in [-0.2, -0.15) is 0 Å². The van der Waals surface area contributed by atoms with Crippen LogP contribution in [0.15, 0.2) is 60.7 Å². The molecular weight excluding hydrogens is 455 g/mol. The van der Waals surface area contributed by atoms with E-state index in [0.717, 1.165) is 18.3 Å². The molecule has 0 bridgehead atoms. The Balaban J connectivity index is 1.58. The summed E-state index contributed by atoms with van der Waals surface area (Å²) in [5, 5.41) is 3.87. The summed E-state index contributed by atoms with van der Waals surface area (Å²) in [4.78, 5) is 0.572. The Morgan fingerprint density at radius 3 is 2.07 bits per heavy atom. The van der Waals surface area contributed by atoms with Gasteiger partial charge in [-0.05, 0) is 0 Å². The number of fused-ring (bicyclic) bond motifs is 1. The van der Waals surface area contributed by atoms with Crippen LogP contribution in [0.3, 0.4) is 0 Å². The molecule has 162 valence electrons. The Kier molecular flexibility index (Phi) is 6.33. The Bertz CT molecular complexity index is 795. The number of ether oxygens (including phenoxy) is 2. The van der Waals surface area contributed by atoms with Gasteiger partial charge in [-0.3, -0.25) is 0 Å². The topological polar surface area (TPSA) is 27.7 Å². The maximum atomic E-state index is 7.08. The van der Waals surface area contributed by atoms with Crippen LogP contribution in [0.1, 0.15) is 41.0 Å². The van der Waals surface area contributed by atoms with Gasteiger partial charge in [0.2, 0.25) is 0 Å². The van der Waals surface area contributed by atoms with Crippen molar-refractivity contribution < 1.29 is 13.9 Å². The number of hydrogen-bond donors (Lipinski definition) is 0. The summed E-state index contributed by atoms with van der Waals surface area (Å²) in [6.07, 6.45) is 1.56. The second-order valence-electron chi connectivity index (χ2n) is 9.81. The zero-order valence-corrected chi connectivity index (χ0v) is 21.5. The van der Waals surface area contributed by atoms with Gasteiger partial charge < -0.3 is 0 Å². The van der Waals surface area contributed by atoms with Gasteiger partial charge in [0.05, 0.1) is 0 Å². The van der Waals surface area contributed by atoms with E-state index in [1.54, 1.807) is 0 Å². The summed E-state index contributed by atoms with van der Waals surface area (Å²) in [5.74, 6) is -0.442. The molecule has 0 aliphatic carbocycles. The van der Waals surface area contributed by atoms with Gasteiger partial charge in [0.25, 0.3) is 0 Å². The third kappa shape index (κ3) is 4.21. The molecule has 5 heteroatoms. The first-order valence-electron chi connectivity index (χ1n) is 11.0. The summed E-state index contributed by atoms with van der Waals surface area (Å²) < 4.78 is 19.4. The normalized spacial score (nSPS) is 26.0. The molecule has 3 atom stereocenters. The first-order chi connectivity index (χ1) is 14.2. The van der Waals surface area contributed by atoms with E-state index in [1.165, 1.54) is 10.4 Å². The minimum atomic E-state index is -2.45. The van der Waals surface area contributed by atoms with Crippen molar-refractivity contribution in [2.45, 2.75) is 74.2 Å². The van der Waals surface area contributed by atoms with Crippen LogP contribution in [0, 0.1) is 0 Å². The van der Waals surface area contributed by atoms with Crippen molar-refractivity contribution in [3.05, 3.63) is 60.7 Å². The van der Waals surface area contributed by atoms with Crippen LogP contribution in [0.2, 0.25) is 15.2 Å². The van der Waals surface area contributed by atoms with Crippen LogP contribution >= 0.6 is 0 Å². The quantitative estimate of drug-likeness (QED) is 0.563. The molecule has 0 amide bonds. The van der Waals surface area contributed by atoms with Gasteiger partial charge in [-0.15, -0.1) is 0 Å². The van der Waals surface area contributed by atoms with Crippen LogP contribution in [-0.2, 0) is 13.9 Å². The van der Waals surface area contributed by atoms with E-state index in [0.29, 0.717) is 19.8 Å². The Morgan fingerprint density at radius 2 is 1.53 bits per heavy atom. The molecule has 0 spiro atoms. The van der Waals surface area contributed by atoms with Crippen molar-refractivity contribution >= 4 is 33.6 Å². The second kappa shape index (κ2) is 8.53. The molecule has 2 heterocycles. The van der Waals surface area contributed by atoms with E-state index in [4.69, 9.17) is 13.9 Å². The molecule has 0 N–H and O–H groups in total. The number of benzene rings is 2. The molecule has 2 aliphatic heterocycles. The summed E-state index contributed by atoms with van der Waals surface area (Å²) in [7, 11) is -2.45. The average Bonchev–Trinajstić information content (AvgIpc) is 3.21. The second-order valence-corrected chi connectivity index (χ2v) is 16.8. The van der Waals surface area contributed by atoms with Crippen molar-refractivity contribution in [2.24, 2.45) is 0 Å². The molecule has 2 saturated heterocycles. The molecule has 2 aromatic rings. The van der Waals surface area contributed by atoms with Gasteiger partial charge in [-0.25, -0.2) is 0 Å². The molecular formula is C25H34O3SeSi. The van der Waals surface area contributed by atoms with Crippen molar-refractivity contribution in [1.82, 2.24) is 0 Å². The van der Waals surface area contributed by atoms with E-state index < -0.39 is 14.1 Å². The van der Waals surface area contributed by atoms with E-state index >= 15 is 0 Å². The van der Waals surface area contributed by atoms with Crippen molar-refractivity contribution in [2.75, 3.05) is 6.61 Å². The predicted molar refractivity (Wildman–Crippen MR) is 126 cm³/mol. The van der Waals surface area contributed by atoms with Crippen molar-refractivity contribution in [3.63, 3.8) is 0 Å². The molecule has 2 aliphatic rings. The van der Waals surface area contributed by atoms with E-state index in [2.05, 4.69) is 81.4 Å². The predicted octanol–water partition coefficient (Wildman–Crippen LogP) is 4.40. The molecule has 0 saturated carbocycles. The zero-order chi connectivity index (χ0) is 21.4. The third-order valence-electron chi connectivity index (χ3n) is 6.20. The van der Waals surface area contributed by atoms with Gasteiger partial charge >= 0.3 is 189 Å². The minimum absolute atomic E-state index is 0.0218. The molecule has 0 aromatic heterocycles. The summed E-state index contributed by atoms with van der Waals surface area (Å²) in [6, 6.07) is 21.8. The summed E-state index contributed by atoms with van der Waals surface area (Å²) >= 11 is 0.556. The number of hydrogen-bond acceptors (Lipinski definition) is 3. The maximum absolute atomic E-state index is 7.08. The van der Waals surface area contributed by atoms with Crippen LogP contribution in [-0.4, -0.2) is 47.9 Å². The molecule has 2 fully saturated rings. The summed E-state index contributed by atoms with van der Waals surface area (Å²) in [6.45, 7) is 11.9. The van der Waals surface area contributed by atoms with Gasteiger partial charge in [0, 0.05) is 0 Å². The Morgan fingerprint density at radius 1 is 0.967 bits per heavy atom. The average molecular weight is 490 g/mol. The van der Waals surface area contributed by atoms with Crippen LogP contribution in [0.4, 0.5) is 0 Å². The molecule has 4 rings (SSSR count). The molecule has 2 aromatic carbocycles. The van der Waals surface area contributed by atoms with E-state index in [9.17, 15) is 0 Å². The SMILES string of the molecule is CC1(C)O[C@H]2[C@H](C[Se][C@@H]2CCO[Si](c2ccccc2)(c2ccccc2)C(C)(C)C)O1. The van der Waals surface area contributed by atoms with Gasteiger partial charge in [0.1, 0.15) is 0 Å². The molecule has 30 heavy (non-hydrogen) atoms. The fourth-order valence-electron chi connectivity index (χ4n) is 4.96. The van der Waals surface area contributed by atoms with Gasteiger partial charge in [-0.1, -0.05) is 0 Å².